The van der Waals surface area contributed by atoms with E-state index in [1.807, 2.05) is 6.26 Å². The second kappa shape index (κ2) is 5.44. The monoisotopic (exact) mass is 413 g/mol. The SMILES string of the molecule is CSC1(CNS(=O)(=O)c2cc(Br)ccc2Br)CC1. The summed E-state index contributed by atoms with van der Waals surface area (Å²) in [6.45, 7) is 0.495. The Morgan fingerprint density at radius 3 is 2.61 bits per heavy atom. The fourth-order valence-electron chi connectivity index (χ4n) is 1.58. The van der Waals surface area contributed by atoms with Crippen LogP contribution in [0, 0.1) is 0 Å². The van der Waals surface area contributed by atoms with Crippen molar-refractivity contribution in [1.82, 2.24) is 4.72 Å². The van der Waals surface area contributed by atoms with Crippen molar-refractivity contribution in [3.8, 4) is 0 Å². The summed E-state index contributed by atoms with van der Waals surface area (Å²) in [7, 11) is -3.46. The van der Waals surface area contributed by atoms with Gasteiger partial charge >= 0.3 is 0 Å². The number of hydrogen-bond donors (Lipinski definition) is 1. The molecule has 0 radical (unpaired) electrons. The maximum atomic E-state index is 12.2. The highest BCUT2D eigenvalue weighted by molar-refractivity contribution is 9.11. The molecule has 1 aromatic rings. The molecule has 18 heavy (non-hydrogen) atoms. The largest absolute Gasteiger partial charge is 0.241 e. The number of thioether (sulfide) groups is 1. The molecular formula is C11H13Br2NO2S2. The smallest absolute Gasteiger partial charge is 0.210 e. The highest BCUT2D eigenvalue weighted by Gasteiger charge is 2.42. The van der Waals surface area contributed by atoms with Gasteiger partial charge in [-0.2, -0.15) is 11.8 Å². The van der Waals surface area contributed by atoms with Gasteiger partial charge in [-0.3, -0.25) is 0 Å². The van der Waals surface area contributed by atoms with Crippen LogP contribution in [-0.2, 0) is 10.0 Å². The predicted molar refractivity (Wildman–Crippen MR) is 82.5 cm³/mol. The molecule has 100 valence electrons. The van der Waals surface area contributed by atoms with Crippen LogP contribution in [-0.4, -0.2) is 26.0 Å². The van der Waals surface area contributed by atoms with E-state index < -0.39 is 10.0 Å². The number of sulfonamides is 1. The van der Waals surface area contributed by atoms with Gasteiger partial charge in [-0.25, -0.2) is 13.1 Å². The van der Waals surface area contributed by atoms with E-state index in [0.29, 0.717) is 11.0 Å². The molecule has 0 amide bonds. The topological polar surface area (TPSA) is 46.2 Å². The standard InChI is InChI=1S/C11H13Br2NO2S2/c1-17-11(4-5-11)7-14-18(15,16)10-6-8(12)2-3-9(10)13/h2-3,6,14H,4-5,7H2,1H3. The van der Waals surface area contributed by atoms with Crippen molar-refractivity contribution in [3.63, 3.8) is 0 Å². The Labute approximate surface area is 128 Å². The molecule has 1 fully saturated rings. The van der Waals surface area contributed by atoms with Gasteiger partial charge in [0, 0.05) is 20.2 Å². The molecule has 0 bridgehead atoms. The van der Waals surface area contributed by atoms with E-state index >= 15 is 0 Å². The molecule has 7 heteroatoms. The molecule has 0 heterocycles. The molecule has 1 aliphatic rings. The lowest BCUT2D eigenvalue weighted by atomic mass is 10.4. The third-order valence-corrected chi connectivity index (χ3v) is 7.31. The zero-order valence-corrected chi connectivity index (χ0v) is 14.5. The minimum Gasteiger partial charge on any atom is -0.210 e. The Hall–Kier alpha value is 0.440. The average molecular weight is 415 g/mol. The summed E-state index contributed by atoms with van der Waals surface area (Å²) in [5, 5.41) is 0. The maximum absolute atomic E-state index is 12.2. The molecule has 0 saturated heterocycles. The van der Waals surface area contributed by atoms with Gasteiger partial charge in [-0.05, 0) is 53.2 Å². The van der Waals surface area contributed by atoms with Crippen molar-refractivity contribution in [1.29, 1.82) is 0 Å². The van der Waals surface area contributed by atoms with Gasteiger partial charge in [0.05, 0.1) is 4.90 Å². The minimum absolute atomic E-state index is 0.117. The van der Waals surface area contributed by atoms with Crippen LogP contribution in [0.4, 0.5) is 0 Å². The molecule has 1 N–H and O–H groups in total. The lowest BCUT2D eigenvalue weighted by Crippen LogP contribution is -2.32. The summed E-state index contributed by atoms with van der Waals surface area (Å²) in [4.78, 5) is 0.272. The first kappa shape index (κ1) is 14.8. The van der Waals surface area contributed by atoms with Gasteiger partial charge in [0.15, 0.2) is 0 Å². The fraction of sp³-hybridized carbons (Fsp3) is 0.455. The molecule has 0 unspecified atom stereocenters. The zero-order valence-electron chi connectivity index (χ0n) is 9.74. The minimum atomic E-state index is -3.46. The maximum Gasteiger partial charge on any atom is 0.241 e. The van der Waals surface area contributed by atoms with Crippen LogP contribution in [0.5, 0.6) is 0 Å². The Morgan fingerprint density at radius 2 is 2.06 bits per heavy atom. The summed E-state index contributed by atoms with van der Waals surface area (Å²) < 4.78 is 28.6. The van der Waals surface area contributed by atoms with Crippen molar-refractivity contribution in [2.24, 2.45) is 0 Å². The quantitative estimate of drug-likeness (QED) is 0.803. The Bertz CT molecular complexity index is 556. The summed E-state index contributed by atoms with van der Waals surface area (Å²) in [6, 6.07) is 5.12. The van der Waals surface area contributed by atoms with Gasteiger partial charge in [-0.15, -0.1) is 0 Å². The number of halogens is 2. The average Bonchev–Trinajstić information content (AvgIpc) is 3.11. The zero-order chi connectivity index (χ0) is 13.4. The number of benzene rings is 1. The van der Waals surface area contributed by atoms with Crippen molar-refractivity contribution in [2.75, 3.05) is 12.8 Å². The van der Waals surface area contributed by atoms with E-state index in [-0.39, 0.29) is 9.64 Å². The van der Waals surface area contributed by atoms with Crippen molar-refractivity contribution >= 4 is 53.6 Å². The van der Waals surface area contributed by atoms with E-state index in [9.17, 15) is 8.42 Å². The van der Waals surface area contributed by atoms with E-state index in [4.69, 9.17) is 0 Å². The second-order valence-corrected chi connectivity index (χ2v) is 9.07. The summed E-state index contributed by atoms with van der Waals surface area (Å²) in [5.41, 5.74) is 0. The molecule has 0 aromatic heterocycles. The van der Waals surface area contributed by atoms with Crippen LogP contribution in [0.25, 0.3) is 0 Å². The van der Waals surface area contributed by atoms with Crippen LogP contribution in [0.2, 0.25) is 0 Å². The first-order chi connectivity index (χ1) is 8.38. The molecule has 1 aliphatic carbocycles. The first-order valence-corrected chi connectivity index (χ1v) is 9.68. The molecule has 1 saturated carbocycles. The number of rotatable bonds is 5. The fourth-order valence-corrected chi connectivity index (χ4v) is 5.03. The van der Waals surface area contributed by atoms with Gasteiger partial charge < -0.3 is 0 Å². The van der Waals surface area contributed by atoms with E-state index in [0.717, 1.165) is 17.3 Å². The molecular weight excluding hydrogens is 402 g/mol. The lowest BCUT2D eigenvalue weighted by molar-refractivity contribution is 0.579. The first-order valence-electron chi connectivity index (χ1n) is 5.38. The summed E-state index contributed by atoms with van der Waals surface area (Å²) >= 11 is 8.30. The molecule has 2 rings (SSSR count). The second-order valence-electron chi connectivity index (χ2n) is 4.29. The lowest BCUT2D eigenvalue weighted by Gasteiger charge is -2.14. The Kier molecular flexibility index (Phi) is 4.48. The van der Waals surface area contributed by atoms with Crippen molar-refractivity contribution in [2.45, 2.75) is 22.5 Å². The van der Waals surface area contributed by atoms with Gasteiger partial charge in [-0.1, -0.05) is 15.9 Å². The van der Waals surface area contributed by atoms with E-state index in [2.05, 4.69) is 36.6 Å². The normalized spacial score (nSPS) is 17.7. The Morgan fingerprint density at radius 1 is 1.39 bits per heavy atom. The molecule has 0 spiro atoms. The number of nitrogens with one attached hydrogen (secondary N) is 1. The van der Waals surface area contributed by atoms with Crippen LogP contribution < -0.4 is 4.72 Å². The third kappa shape index (κ3) is 3.30. The summed E-state index contributed by atoms with van der Waals surface area (Å²) in [5.74, 6) is 0. The van der Waals surface area contributed by atoms with E-state index in [1.165, 1.54) is 0 Å². The highest BCUT2D eigenvalue weighted by Crippen LogP contribution is 2.46. The van der Waals surface area contributed by atoms with Gasteiger partial charge in [0.25, 0.3) is 0 Å². The van der Waals surface area contributed by atoms with E-state index in [1.54, 1.807) is 30.0 Å². The van der Waals surface area contributed by atoms with Crippen LogP contribution >= 0.6 is 43.6 Å². The van der Waals surface area contributed by atoms with Gasteiger partial charge in [0.2, 0.25) is 10.0 Å². The van der Waals surface area contributed by atoms with Crippen LogP contribution in [0.1, 0.15) is 12.8 Å². The molecule has 1 aromatic carbocycles. The molecule has 0 aliphatic heterocycles. The highest BCUT2D eigenvalue weighted by atomic mass is 79.9. The van der Waals surface area contributed by atoms with Gasteiger partial charge in [0.1, 0.15) is 0 Å². The van der Waals surface area contributed by atoms with Crippen molar-refractivity contribution in [3.05, 3.63) is 27.1 Å². The third-order valence-electron chi connectivity index (χ3n) is 3.01. The molecule has 3 nitrogen and oxygen atoms in total. The van der Waals surface area contributed by atoms with Crippen molar-refractivity contribution < 1.29 is 8.42 Å². The molecule has 0 atom stereocenters. The van der Waals surface area contributed by atoms with Crippen LogP contribution in [0.15, 0.2) is 32.0 Å². The Balaban J connectivity index is 2.18. The summed E-state index contributed by atoms with van der Waals surface area (Å²) in [6.07, 6.45) is 4.18. The number of hydrogen-bond acceptors (Lipinski definition) is 3. The predicted octanol–water partition coefficient (Wildman–Crippen LogP) is 3.39. The van der Waals surface area contributed by atoms with Crippen LogP contribution in [0.3, 0.4) is 0 Å².